The Labute approximate surface area is 193 Å². The molecular formula is C25H27N7O. The van der Waals surface area contributed by atoms with Crippen LogP contribution in [0.25, 0.3) is 10.9 Å². The maximum atomic E-state index is 12.9. The van der Waals surface area contributed by atoms with Crippen molar-refractivity contribution in [2.24, 2.45) is 10.9 Å². The van der Waals surface area contributed by atoms with Gasteiger partial charge in [0, 0.05) is 36.9 Å². The van der Waals surface area contributed by atoms with Crippen molar-refractivity contribution in [3.8, 4) is 6.19 Å². The molecule has 0 bridgehead atoms. The Hall–Kier alpha value is -4.12. The lowest BCUT2D eigenvalue weighted by Crippen LogP contribution is -2.60. The van der Waals surface area contributed by atoms with Gasteiger partial charge in [-0.25, -0.2) is 9.79 Å². The molecule has 0 aliphatic carbocycles. The summed E-state index contributed by atoms with van der Waals surface area (Å²) in [5, 5.41) is 16.1. The first kappa shape index (κ1) is 22.1. The van der Waals surface area contributed by atoms with Crippen molar-refractivity contribution in [2.45, 2.75) is 19.9 Å². The Morgan fingerprint density at radius 1 is 1.12 bits per heavy atom. The molecule has 4 rings (SSSR count). The molecule has 3 aromatic rings. The fourth-order valence-corrected chi connectivity index (χ4v) is 4.06. The molecule has 1 atom stereocenters. The number of nitrogens with zero attached hydrogens (tertiary/aromatic N) is 5. The standard InChI is InChI=1S/C25H27N7O/c1-18(2)23-16-31(25(33)29-19-8-4-3-5-9-19)14-15-32(23)24(28-17-26)30-22-12-6-11-21-20(22)10-7-13-27-21/h3-13,18,23H,14-16H2,1-2H3,(H,28,30)(H,29,33). The Morgan fingerprint density at radius 2 is 1.94 bits per heavy atom. The van der Waals surface area contributed by atoms with Crippen LogP contribution in [0.3, 0.4) is 0 Å². The third kappa shape index (κ3) is 5.04. The zero-order valence-electron chi connectivity index (χ0n) is 18.8. The number of hydrogen-bond acceptors (Lipinski definition) is 4. The van der Waals surface area contributed by atoms with E-state index in [1.165, 1.54) is 0 Å². The van der Waals surface area contributed by atoms with Crippen LogP contribution < -0.4 is 10.6 Å². The van der Waals surface area contributed by atoms with Crippen molar-refractivity contribution in [1.29, 1.82) is 5.26 Å². The Kier molecular flexibility index (Phi) is 6.69. The number of aliphatic imine (C=N–C) groups is 1. The molecule has 2 aromatic carbocycles. The van der Waals surface area contributed by atoms with Gasteiger partial charge in [0.05, 0.1) is 17.2 Å². The van der Waals surface area contributed by atoms with Crippen molar-refractivity contribution >= 4 is 34.3 Å². The minimum atomic E-state index is -0.127. The van der Waals surface area contributed by atoms with Crippen LogP contribution in [0.4, 0.5) is 16.2 Å². The molecule has 2 amide bonds. The number of pyridine rings is 1. The third-order valence-corrected chi connectivity index (χ3v) is 5.79. The number of hydrogen-bond donors (Lipinski definition) is 2. The summed E-state index contributed by atoms with van der Waals surface area (Å²) in [4.78, 5) is 26.0. The zero-order chi connectivity index (χ0) is 23.2. The van der Waals surface area contributed by atoms with E-state index in [0.29, 0.717) is 25.6 Å². The minimum Gasteiger partial charge on any atom is -0.335 e. The molecule has 1 saturated heterocycles. The first-order valence-electron chi connectivity index (χ1n) is 11.0. The van der Waals surface area contributed by atoms with E-state index >= 15 is 0 Å². The number of nitriles is 1. The average molecular weight is 442 g/mol. The molecule has 0 spiro atoms. The molecule has 8 heteroatoms. The topological polar surface area (TPSA) is 96.7 Å². The van der Waals surface area contributed by atoms with Gasteiger partial charge in [-0.05, 0) is 42.3 Å². The maximum Gasteiger partial charge on any atom is 0.321 e. The predicted molar refractivity (Wildman–Crippen MR) is 130 cm³/mol. The van der Waals surface area contributed by atoms with Gasteiger partial charge in [0.1, 0.15) is 0 Å². The normalized spacial score (nSPS) is 16.5. The lowest BCUT2D eigenvalue weighted by atomic mass is 10.00. The number of anilines is 1. The summed E-state index contributed by atoms with van der Waals surface area (Å²) in [6.45, 7) is 5.83. The average Bonchev–Trinajstić information content (AvgIpc) is 2.84. The molecule has 1 fully saturated rings. The Bertz CT molecular complexity index is 1180. The quantitative estimate of drug-likeness (QED) is 0.275. The number of para-hydroxylation sites is 1. The van der Waals surface area contributed by atoms with Crippen LogP contribution in [0.15, 0.2) is 71.9 Å². The molecule has 1 aliphatic heterocycles. The second kappa shape index (κ2) is 10.0. The van der Waals surface area contributed by atoms with Gasteiger partial charge >= 0.3 is 6.03 Å². The fourth-order valence-electron chi connectivity index (χ4n) is 4.06. The lowest BCUT2D eigenvalue weighted by Gasteiger charge is -2.44. The number of rotatable bonds is 3. The maximum absolute atomic E-state index is 12.9. The summed E-state index contributed by atoms with van der Waals surface area (Å²) in [5.74, 6) is 0.716. The third-order valence-electron chi connectivity index (χ3n) is 5.79. The van der Waals surface area contributed by atoms with Gasteiger partial charge in [-0.2, -0.15) is 5.26 Å². The number of nitrogens with one attached hydrogen (secondary N) is 2. The summed E-state index contributed by atoms with van der Waals surface area (Å²) < 4.78 is 0. The van der Waals surface area contributed by atoms with Gasteiger partial charge in [-0.1, -0.05) is 38.1 Å². The van der Waals surface area contributed by atoms with Crippen molar-refractivity contribution in [2.75, 3.05) is 25.0 Å². The molecular weight excluding hydrogens is 414 g/mol. The van der Waals surface area contributed by atoms with Crippen LogP contribution in [-0.2, 0) is 0 Å². The molecule has 2 heterocycles. The van der Waals surface area contributed by atoms with E-state index in [1.807, 2.05) is 71.8 Å². The van der Waals surface area contributed by atoms with Crippen molar-refractivity contribution < 1.29 is 4.79 Å². The van der Waals surface area contributed by atoms with Crippen LogP contribution in [0.1, 0.15) is 13.8 Å². The highest BCUT2D eigenvalue weighted by Gasteiger charge is 2.33. The van der Waals surface area contributed by atoms with Gasteiger partial charge in [0.25, 0.3) is 0 Å². The number of carbonyl (C=O) groups is 1. The van der Waals surface area contributed by atoms with Crippen LogP contribution in [0.2, 0.25) is 0 Å². The van der Waals surface area contributed by atoms with Crippen molar-refractivity contribution in [3.63, 3.8) is 0 Å². The molecule has 2 N–H and O–H groups in total. The molecule has 1 unspecified atom stereocenters. The lowest BCUT2D eigenvalue weighted by molar-refractivity contribution is 0.118. The molecule has 1 aliphatic rings. The van der Waals surface area contributed by atoms with Crippen LogP contribution in [0, 0.1) is 17.4 Å². The van der Waals surface area contributed by atoms with E-state index in [2.05, 4.69) is 34.4 Å². The van der Waals surface area contributed by atoms with Crippen LogP contribution in [0.5, 0.6) is 0 Å². The number of aromatic nitrogens is 1. The highest BCUT2D eigenvalue weighted by Crippen LogP contribution is 2.26. The molecule has 168 valence electrons. The number of fused-ring (bicyclic) bond motifs is 1. The predicted octanol–water partition coefficient (Wildman–Crippen LogP) is 4.17. The number of carbonyl (C=O) groups excluding carboxylic acids is 1. The summed E-state index contributed by atoms with van der Waals surface area (Å²) in [6, 6.07) is 18.9. The summed E-state index contributed by atoms with van der Waals surface area (Å²) in [6.07, 6.45) is 3.78. The van der Waals surface area contributed by atoms with E-state index in [4.69, 9.17) is 4.99 Å². The number of piperazine rings is 1. The van der Waals surface area contributed by atoms with Crippen molar-refractivity contribution in [3.05, 3.63) is 66.9 Å². The summed E-state index contributed by atoms with van der Waals surface area (Å²) >= 11 is 0. The highest BCUT2D eigenvalue weighted by molar-refractivity contribution is 5.94. The van der Waals surface area contributed by atoms with E-state index in [9.17, 15) is 10.1 Å². The SMILES string of the molecule is CC(C)C1CN(C(=O)Nc2ccccc2)CCN1C(=Nc1cccc2ncccc12)NC#N. The van der Waals surface area contributed by atoms with Gasteiger partial charge < -0.3 is 15.1 Å². The molecule has 8 nitrogen and oxygen atoms in total. The van der Waals surface area contributed by atoms with Gasteiger partial charge in [-0.3, -0.25) is 10.3 Å². The summed E-state index contributed by atoms with van der Waals surface area (Å²) in [5.41, 5.74) is 2.35. The Morgan fingerprint density at radius 3 is 2.70 bits per heavy atom. The number of amides is 2. The number of benzene rings is 2. The molecule has 0 saturated carbocycles. The minimum absolute atomic E-state index is 0.00650. The van der Waals surface area contributed by atoms with Gasteiger partial charge in [0.2, 0.25) is 5.96 Å². The fraction of sp³-hybridized carbons (Fsp3) is 0.280. The highest BCUT2D eigenvalue weighted by atomic mass is 16.2. The summed E-state index contributed by atoms with van der Waals surface area (Å²) in [7, 11) is 0. The largest absolute Gasteiger partial charge is 0.335 e. The zero-order valence-corrected chi connectivity index (χ0v) is 18.8. The van der Waals surface area contributed by atoms with E-state index in [-0.39, 0.29) is 18.0 Å². The van der Waals surface area contributed by atoms with E-state index in [0.717, 1.165) is 22.3 Å². The smallest absolute Gasteiger partial charge is 0.321 e. The van der Waals surface area contributed by atoms with Gasteiger partial charge in [0.15, 0.2) is 6.19 Å². The van der Waals surface area contributed by atoms with Crippen molar-refractivity contribution in [1.82, 2.24) is 20.1 Å². The monoisotopic (exact) mass is 441 g/mol. The molecule has 1 aromatic heterocycles. The first-order chi connectivity index (χ1) is 16.1. The van der Waals surface area contributed by atoms with E-state index in [1.54, 1.807) is 6.20 Å². The van der Waals surface area contributed by atoms with Crippen LogP contribution in [-0.4, -0.2) is 52.5 Å². The second-order valence-corrected chi connectivity index (χ2v) is 8.27. The van der Waals surface area contributed by atoms with E-state index < -0.39 is 0 Å². The number of guanidine groups is 1. The molecule has 0 radical (unpaired) electrons. The molecule has 33 heavy (non-hydrogen) atoms. The first-order valence-corrected chi connectivity index (χ1v) is 11.0. The Balaban J connectivity index is 1.59. The number of urea groups is 1. The second-order valence-electron chi connectivity index (χ2n) is 8.27. The van der Waals surface area contributed by atoms with Crippen LogP contribution >= 0.6 is 0 Å². The van der Waals surface area contributed by atoms with Gasteiger partial charge in [-0.15, -0.1) is 0 Å².